The van der Waals surface area contributed by atoms with Crippen LogP contribution in [0.4, 0.5) is 65.9 Å². The Labute approximate surface area is 393 Å². The van der Waals surface area contributed by atoms with Crippen LogP contribution in [0.3, 0.4) is 0 Å². The number of ether oxygens (including phenoxy) is 5. The van der Waals surface area contributed by atoms with Crippen molar-refractivity contribution in [1.29, 1.82) is 0 Å². The van der Waals surface area contributed by atoms with Crippen LogP contribution in [0.5, 0.6) is 0 Å². The molecule has 1 N–H and O–H groups in total. The Morgan fingerprint density at radius 3 is 1.61 bits per heavy atom. The van der Waals surface area contributed by atoms with Gasteiger partial charge in [-0.2, -0.15) is 65.9 Å². The lowest BCUT2D eigenvalue weighted by Gasteiger charge is -2.38. The molecule has 70 heavy (non-hydrogen) atoms. The Morgan fingerprint density at radius 1 is 0.686 bits per heavy atom. The van der Waals surface area contributed by atoms with Gasteiger partial charge < -0.3 is 28.8 Å². The minimum absolute atomic E-state index is 0.0405. The van der Waals surface area contributed by atoms with Crippen molar-refractivity contribution in [2.75, 3.05) is 0 Å². The molecule has 0 aromatic heterocycles. The number of alkyl halides is 15. The second-order valence-corrected chi connectivity index (χ2v) is 21.6. The first-order valence-electron chi connectivity index (χ1n) is 23.0. The zero-order valence-corrected chi connectivity index (χ0v) is 39.7. The molecule has 0 aromatic carbocycles. The molecule has 4 saturated carbocycles. The fourth-order valence-electron chi connectivity index (χ4n) is 11.4. The van der Waals surface area contributed by atoms with Crippen LogP contribution in [0, 0.1) is 63.6 Å². The molecule has 7 rings (SSSR count). The minimum atomic E-state index is -5.98. The molecule has 0 spiro atoms. The fraction of sp³-hybridized carbons (Fsp3) is 0.911. The van der Waals surface area contributed by atoms with E-state index in [1.165, 1.54) is 6.42 Å². The topological polar surface area (TPSA) is 135 Å². The van der Waals surface area contributed by atoms with Gasteiger partial charge in [0.2, 0.25) is 0 Å². The van der Waals surface area contributed by atoms with E-state index in [-0.39, 0.29) is 42.7 Å². The van der Waals surface area contributed by atoms with Gasteiger partial charge in [0, 0.05) is 6.42 Å². The third kappa shape index (κ3) is 9.93. The summed E-state index contributed by atoms with van der Waals surface area (Å²) in [6.07, 6.45) is -35.4. The highest BCUT2D eigenvalue weighted by Gasteiger charge is 2.82. The van der Waals surface area contributed by atoms with Crippen molar-refractivity contribution in [1.82, 2.24) is 0 Å². The summed E-state index contributed by atoms with van der Waals surface area (Å²) in [6, 6.07) is 0. The van der Waals surface area contributed by atoms with E-state index in [2.05, 4.69) is 18.6 Å². The first-order chi connectivity index (χ1) is 31.5. The lowest BCUT2D eigenvalue weighted by molar-refractivity contribution is -0.373. The van der Waals surface area contributed by atoms with Crippen LogP contribution in [-0.2, 0) is 42.9 Å². The van der Waals surface area contributed by atoms with E-state index in [9.17, 15) is 90.1 Å². The van der Waals surface area contributed by atoms with Crippen molar-refractivity contribution in [3.63, 3.8) is 0 Å². The Morgan fingerprint density at radius 2 is 1.20 bits per heavy atom. The van der Waals surface area contributed by atoms with Crippen molar-refractivity contribution in [2.24, 2.45) is 63.6 Å². The van der Waals surface area contributed by atoms with E-state index < -0.39 is 139 Å². The Hall–Kier alpha value is -3.25. The summed E-state index contributed by atoms with van der Waals surface area (Å²) in [5.74, 6) is -4.40. The molecule has 7 fully saturated rings. The normalized spacial score (nSPS) is 36.3. The predicted molar refractivity (Wildman–Crippen MR) is 210 cm³/mol. The van der Waals surface area contributed by atoms with Crippen LogP contribution in [0.2, 0.25) is 0 Å². The maximum atomic E-state index is 13.3. The number of carbonyl (C=O) groups excluding carboxylic acids is 4. The molecule has 16 atom stereocenters. The zero-order valence-electron chi connectivity index (χ0n) is 39.7. The number of hydrogen-bond donors (Lipinski definition) is 1. The zero-order chi connectivity index (χ0) is 53.7. The molecule has 0 amide bonds. The van der Waals surface area contributed by atoms with E-state index in [0.717, 1.165) is 32.1 Å². The second kappa shape index (κ2) is 18.6. The summed E-state index contributed by atoms with van der Waals surface area (Å²) in [7, 11) is 0. The number of halogens is 15. The monoisotopic (exact) mass is 1040 g/mol. The Balaban J connectivity index is 0.000000203. The molecule has 16 unspecified atom stereocenters. The van der Waals surface area contributed by atoms with E-state index in [4.69, 9.17) is 18.9 Å². The summed E-state index contributed by atoms with van der Waals surface area (Å²) in [6.45, 7) is 14.0. The number of esters is 4. The predicted octanol–water partition coefficient (Wildman–Crippen LogP) is 10.9. The second-order valence-electron chi connectivity index (χ2n) is 21.6. The minimum Gasteiger partial charge on any atom is -0.461 e. The SMILES string of the molecule is CC1C2CC(C(=O)OC(C)(C)C)C(C2)C1C.CCC(C)(C(=O)OC1C2CC3(C(F)(F)F)C(=O)OC1C3O2)C(F)(F)F.CCC(C)(C(=O)OC1CC2CC(CC(O)(C(F)(F)F)C(F)(F)F)C1C2)C(F)(F)F. The van der Waals surface area contributed by atoms with Crippen molar-refractivity contribution >= 4 is 23.9 Å². The van der Waals surface area contributed by atoms with Gasteiger partial charge in [-0.05, 0) is 127 Å². The van der Waals surface area contributed by atoms with E-state index in [1.807, 2.05) is 20.8 Å². The van der Waals surface area contributed by atoms with Crippen LogP contribution in [0.1, 0.15) is 120 Å². The quantitative estimate of drug-likeness (QED) is 0.135. The highest BCUT2D eigenvalue weighted by molar-refractivity contribution is 5.83. The molecule has 3 aliphatic heterocycles. The highest BCUT2D eigenvalue weighted by Crippen LogP contribution is 2.63. The Kier molecular flexibility index (Phi) is 15.3. The molecule has 6 bridgehead atoms. The average molecular weight is 1040 g/mol. The van der Waals surface area contributed by atoms with E-state index in [1.54, 1.807) is 0 Å². The summed E-state index contributed by atoms with van der Waals surface area (Å²) < 4.78 is 222. The van der Waals surface area contributed by atoms with Gasteiger partial charge in [0.1, 0.15) is 23.9 Å². The van der Waals surface area contributed by atoms with Gasteiger partial charge in [-0.1, -0.05) is 27.7 Å². The van der Waals surface area contributed by atoms with Crippen LogP contribution in [0.15, 0.2) is 0 Å². The first-order valence-corrected chi connectivity index (χ1v) is 23.0. The molecule has 404 valence electrons. The summed E-state index contributed by atoms with van der Waals surface area (Å²) in [5.41, 5.74) is -13.8. The van der Waals surface area contributed by atoms with Crippen molar-refractivity contribution in [3.05, 3.63) is 0 Å². The number of hydrogen-bond acceptors (Lipinski definition) is 10. The van der Waals surface area contributed by atoms with Crippen molar-refractivity contribution in [2.45, 2.75) is 193 Å². The van der Waals surface area contributed by atoms with Gasteiger partial charge in [-0.25, -0.2) is 0 Å². The number of carbonyl (C=O) groups is 4. The molecule has 0 aromatic rings. The molecule has 0 radical (unpaired) electrons. The summed E-state index contributed by atoms with van der Waals surface area (Å²) >= 11 is 0. The average Bonchev–Trinajstić information content (AvgIpc) is 4.07. The maximum Gasteiger partial charge on any atom is 0.426 e. The van der Waals surface area contributed by atoms with Crippen LogP contribution in [0.25, 0.3) is 0 Å². The fourth-order valence-corrected chi connectivity index (χ4v) is 11.4. The standard InChI is InChI=1S/C17H21F9O3.C14H14F6O5.C14H24O2/c1-3-13(2,15(18,19)20)12(27)29-11-6-8-4-9(10(11)5-8)7-14(28,16(21,22)23)17(24,25)26;1-3-11(2,13(15,16)17)9(21)24-6-5-4-12(14(18,19)20)8(23-5)7(6)25-10(12)22;1-8-9(2)11-6-10(8)7-12(11)13(15)16-14(3,4)5/h8-11,28H,3-7H2,1-2H3;5-8H,3-4H2,1-2H3;8-12H,6-7H2,1-5H3. The third-order valence-electron chi connectivity index (χ3n) is 16.5. The van der Waals surface area contributed by atoms with Gasteiger partial charge in [-0.15, -0.1) is 0 Å². The van der Waals surface area contributed by atoms with Gasteiger partial charge in [0.15, 0.2) is 28.5 Å². The molecule has 7 aliphatic rings. The lowest BCUT2D eigenvalue weighted by atomic mass is 9.73. The van der Waals surface area contributed by atoms with Gasteiger partial charge >= 0.3 is 54.8 Å². The van der Waals surface area contributed by atoms with Crippen molar-refractivity contribution < 1.29 is 114 Å². The van der Waals surface area contributed by atoms with Gasteiger partial charge in [-0.3, -0.25) is 19.2 Å². The molecule has 10 nitrogen and oxygen atoms in total. The molecule has 3 heterocycles. The summed E-state index contributed by atoms with van der Waals surface area (Å²) in [4.78, 5) is 48.0. The lowest BCUT2D eigenvalue weighted by Crippen LogP contribution is -2.58. The van der Waals surface area contributed by atoms with Gasteiger partial charge in [0.05, 0.1) is 5.92 Å². The van der Waals surface area contributed by atoms with Crippen LogP contribution >= 0.6 is 0 Å². The molecular formula is C45H59F15O10. The van der Waals surface area contributed by atoms with E-state index in [0.29, 0.717) is 25.7 Å². The number of aliphatic hydroxyl groups is 1. The van der Waals surface area contributed by atoms with Gasteiger partial charge in [0.25, 0.3) is 5.60 Å². The Bertz CT molecular complexity index is 1940. The molecule has 4 aliphatic carbocycles. The molecular weight excluding hydrogens is 985 g/mol. The highest BCUT2D eigenvalue weighted by atomic mass is 19.4. The maximum absolute atomic E-state index is 13.3. The number of fused-ring (bicyclic) bond motifs is 5. The smallest absolute Gasteiger partial charge is 0.426 e. The summed E-state index contributed by atoms with van der Waals surface area (Å²) in [5, 5.41) is 9.41. The van der Waals surface area contributed by atoms with E-state index >= 15 is 0 Å². The number of rotatable bonds is 9. The first kappa shape index (κ1) is 57.6. The largest absolute Gasteiger partial charge is 0.461 e. The third-order valence-corrected chi connectivity index (χ3v) is 16.5. The molecule has 25 heteroatoms. The van der Waals surface area contributed by atoms with Crippen LogP contribution < -0.4 is 0 Å². The van der Waals surface area contributed by atoms with Crippen LogP contribution in [-0.4, -0.2) is 102 Å². The molecule has 3 saturated heterocycles. The van der Waals surface area contributed by atoms with Crippen molar-refractivity contribution in [3.8, 4) is 0 Å².